The van der Waals surface area contributed by atoms with Crippen molar-refractivity contribution in [1.82, 2.24) is 15.0 Å². The van der Waals surface area contributed by atoms with Crippen LogP contribution < -0.4 is 5.43 Å². The number of nitrogens with one attached hydrogen (secondary N) is 1. The number of anilines is 1. The summed E-state index contributed by atoms with van der Waals surface area (Å²) in [6.45, 7) is 4.62. The van der Waals surface area contributed by atoms with E-state index in [0.29, 0.717) is 16.8 Å². The molecule has 7 nitrogen and oxygen atoms in total. The molecule has 98 valence electrons. The van der Waals surface area contributed by atoms with Crippen molar-refractivity contribution in [2.75, 3.05) is 5.43 Å². The summed E-state index contributed by atoms with van der Waals surface area (Å²) >= 11 is 0. The summed E-state index contributed by atoms with van der Waals surface area (Å²) in [7, 11) is 0. The first kappa shape index (κ1) is 12.9. The van der Waals surface area contributed by atoms with Crippen LogP contribution in [-0.2, 0) is 9.59 Å². The molecule has 2 amide bonds. The molecule has 0 saturated carbocycles. The van der Waals surface area contributed by atoms with Crippen LogP contribution >= 0.6 is 0 Å². The van der Waals surface area contributed by atoms with Crippen molar-refractivity contribution in [3.05, 3.63) is 29.1 Å². The number of nitrogens with zero attached hydrogens (tertiary/aromatic N) is 3. The van der Waals surface area contributed by atoms with Crippen LogP contribution in [0.25, 0.3) is 0 Å². The fraction of sp³-hybridized carbons (Fsp3) is 0.250. The Morgan fingerprint density at radius 1 is 1.32 bits per heavy atom. The van der Waals surface area contributed by atoms with Crippen molar-refractivity contribution in [3.8, 4) is 0 Å². The number of amides is 2. The summed E-state index contributed by atoms with van der Waals surface area (Å²) in [5.74, 6) is -0.969. The average Bonchev–Trinajstić information content (AvgIpc) is 2.56. The van der Waals surface area contributed by atoms with Crippen LogP contribution in [0.4, 0.5) is 5.95 Å². The second-order valence-corrected chi connectivity index (χ2v) is 4.17. The van der Waals surface area contributed by atoms with Gasteiger partial charge in [0, 0.05) is 17.8 Å². The third-order valence-electron chi connectivity index (χ3n) is 2.67. The normalized spacial score (nSPS) is 14.7. The number of imide groups is 1. The highest BCUT2D eigenvalue weighted by atomic mass is 16.2. The number of Topliss-reactive ketones (excluding diaryl/α,β-unsaturated/α-hetero) is 1. The Morgan fingerprint density at radius 2 is 2.00 bits per heavy atom. The lowest BCUT2D eigenvalue weighted by Crippen LogP contribution is -2.37. The van der Waals surface area contributed by atoms with Crippen LogP contribution in [0.3, 0.4) is 0 Å². The Morgan fingerprint density at radius 3 is 2.47 bits per heavy atom. The molecule has 1 aromatic heterocycles. The summed E-state index contributed by atoms with van der Waals surface area (Å²) in [5.41, 5.74) is 3.75. The van der Waals surface area contributed by atoms with Crippen molar-refractivity contribution in [2.24, 2.45) is 0 Å². The average molecular weight is 260 g/mol. The predicted octanol–water partition coefficient (Wildman–Crippen LogP) is 0.630. The van der Waals surface area contributed by atoms with E-state index in [0.717, 1.165) is 5.01 Å². The van der Waals surface area contributed by atoms with Crippen LogP contribution in [0, 0.1) is 6.92 Å². The van der Waals surface area contributed by atoms with E-state index >= 15 is 0 Å². The number of hydrazine groups is 1. The Balaban J connectivity index is 2.22. The summed E-state index contributed by atoms with van der Waals surface area (Å²) in [4.78, 5) is 42.3. The Kier molecular flexibility index (Phi) is 3.12. The molecule has 1 aliphatic heterocycles. The number of ketones is 1. The van der Waals surface area contributed by atoms with Gasteiger partial charge in [-0.15, -0.1) is 0 Å². The molecule has 0 atom stereocenters. The van der Waals surface area contributed by atoms with E-state index in [2.05, 4.69) is 15.4 Å². The number of aryl methyl sites for hydroxylation is 1. The number of hydrogen-bond donors (Lipinski definition) is 1. The molecule has 0 aliphatic carbocycles. The highest BCUT2D eigenvalue weighted by Gasteiger charge is 2.29. The quantitative estimate of drug-likeness (QED) is 0.633. The number of hydrogen-bond acceptors (Lipinski definition) is 6. The molecule has 1 aromatic rings. The molecule has 2 heterocycles. The molecular weight excluding hydrogens is 248 g/mol. The van der Waals surface area contributed by atoms with E-state index in [1.807, 2.05) is 0 Å². The molecule has 0 aromatic carbocycles. The Hall–Kier alpha value is -2.57. The zero-order chi connectivity index (χ0) is 14.2. The topological polar surface area (TPSA) is 92.3 Å². The molecule has 0 saturated heterocycles. The van der Waals surface area contributed by atoms with Gasteiger partial charge in [-0.2, -0.15) is 5.01 Å². The first-order chi connectivity index (χ1) is 8.90. The fourth-order valence-electron chi connectivity index (χ4n) is 1.66. The Labute approximate surface area is 109 Å². The molecule has 1 N–H and O–H groups in total. The van der Waals surface area contributed by atoms with E-state index in [1.54, 1.807) is 13.8 Å². The van der Waals surface area contributed by atoms with Crippen molar-refractivity contribution in [1.29, 1.82) is 0 Å². The van der Waals surface area contributed by atoms with Gasteiger partial charge in [-0.05, 0) is 20.8 Å². The van der Waals surface area contributed by atoms with Gasteiger partial charge in [0.05, 0.1) is 11.3 Å². The predicted molar refractivity (Wildman–Crippen MR) is 66.0 cm³/mol. The highest BCUT2D eigenvalue weighted by Crippen LogP contribution is 2.14. The van der Waals surface area contributed by atoms with E-state index in [-0.39, 0.29) is 11.7 Å². The number of carbonyl (C=O) groups is 3. The summed E-state index contributed by atoms with van der Waals surface area (Å²) in [5, 5.41) is 0.831. The number of aromatic nitrogens is 2. The van der Waals surface area contributed by atoms with Crippen molar-refractivity contribution in [2.45, 2.75) is 20.8 Å². The lowest BCUT2D eigenvalue weighted by Gasteiger charge is -2.15. The van der Waals surface area contributed by atoms with Gasteiger partial charge in [-0.1, -0.05) is 0 Å². The molecule has 0 radical (unpaired) electrons. The molecule has 7 heteroatoms. The summed E-state index contributed by atoms with van der Waals surface area (Å²) in [6.07, 6.45) is 2.59. The first-order valence-corrected chi connectivity index (χ1v) is 5.58. The lowest BCUT2D eigenvalue weighted by molar-refractivity contribution is -0.135. The fourth-order valence-corrected chi connectivity index (χ4v) is 1.66. The maximum absolute atomic E-state index is 11.6. The van der Waals surface area contributed by atoms with Crippen LogP contribution in [-0.4, -0.2) is 32.6 Å². The third kappa shape index (κ3) is 2.35. The van der Waals surface area contributed by atoms with Crippen LogP contribution in [0.5, 0.6) is 0 Å². The van der Waals surface area contributed by atoms with Crippen LogP contribution in [0.1, 0.15) is 29.9 Å². The second-order valence-electron chi connectivity index (χ2n) is 4.17. The van der Waals surface area contributed by atoms with Gasteiger partial charge < -0.3 is 0 Å². The zero-order valence-electron chi connectivity index (χ0n) is 10.7. The van der Waals surface area contributed by atoms with Crippen molar-refractivity contribution < 1.29 is 14.4 Å². The molecular formula is C12H12N4O3. The van der Waals surface area contributed by atoms with E-state index < -0.39 is 11.8 Å². The molecule has 0 spiro atoms. The molecule has 0 fully saturated rings. The monoisotopic (exact) mass is 260 g/mol. The maximum atomic E-state index is 11.6. The maximum Gasteiger partial charge on any atom is 0.275 e. The van der Waals surface area contributed by atoms with Gasteiger partial charge in [0.1, 0.15) is 0 Å². The SMILES string of the molecule is CC(=O)c1cnc(NN2C(=O)C=C(C)C2=O)nc1C. The lowest BCUT2D eigenvalue weighted by atomic mass is 10.2. The summed E-state index contributed by atoms with van der Waals surface area (Å²) in [6, 6.07) is 0. The Bertz CT molecular complexity index is 621. The molecule has 2 rings (SSSR count). The van der Waals surface area contributed by atoms with E-state index in [9.17, 15) is 14.4 Å². The zero-order valence-corrected chi connectivity index (χ0v) is 10.7. The van der Waals surface area contributed by atoms with Gasteiger partial charge in [0.2, 0.25) is 5.95 Å². The van der Waals surface area contributed by atoms with E-state index in [1.165, 1.54) is 19.2 Å². The van der Waals surface area contributed by atoms with Crippen LogP contribution in [0.15, 0.2) is 17.8 Å². The number of rotatable bonds is 3. The van der Waals surface area contributed by atoms with Crippen LogP contribution in [0.2, 0.25) is 0 Å². The standard InChI is InChI=1S/C12H12N4O3/c1-6-4-10(18)16(11(6)19)15-12-13-5-9(8(3)17)7(2)14-12/h4-5H,1-3H3,(H,13,14,15). The minimum absolute atomic E-state index is 0.0901. The van der Waals surface area contributed by atoms with Gasteiger partial charge >= 0.3 is 0 Å². The minimum Gasteiger partial charge on any atom is -0.294 e. The first-order valence-electron chi connectivity index (χ1n) is 5.58. The van der Waals surface area contributed by atoms with Crippen molar-refractivity contribution >= 4 is 23.5 Å². The smallest absolute Gasteiger partial charge is 0.275 e. The van der Waals surface area contributed by atoms with E-state index in [4.69, 9.17) is 0 Å². The van der Waals surface area contributed by atoms with Gasteiger partial charge in [0.15, 0.2) is 5.78 Å². The largest absolute Gasteiger partial charge is 0.294 e. The highest BCUT2D eigenvalue weighted by molar-refractivity contribution is 6.16. The number of carbonyl (C=O) groups excluding carboxylic acids is 3. The second kappa shape index (κ2) is 4.60. The molecule has 19 heavy (non-hydrogen) atoms. The third-order valence-corrected chi connectivity index (χ3v) is 2.67. The molecule has 0 unspecified atom stereocenters. The van der Waals surface area contributed by atoms with Gasteiger partial charge in [-0.3, -0.25) is 19.8 Å². The molecule has 0 bridgehead atoms. The van der Waals surface area contributed by atoms with Gasteiger partial charge in [-0.25, -0.2) is 9.97 Å². The minimum atomic E-state index is -0.473. The van der Waals surface area contributed by atoms with Crippen molar-refractivity contribution in [3.63, 3.8) is 0 Å². The summed E-state index contributed by atoms with van der Waals surface area (Å²) < 4.78 is 0. The molecule has 1 aliphatic rings. The van der Waals surface area contributed by atoms with Gasteiger partial charge in [0.25, 0.3) is 11.8 Å².